The minimum atomic E-state index is -0.0205. The van der Waals surface area contributed by atoms with E-state index < -0.39 is 0 Å². The topological polar surface area (TPSA) is 8.82 Å². The van der Waals surface area contributed by atoms with Crippen molar-refractivity contribution in [3.05, 3.63) is 168 Å². The van der Waals surface area contributed by atoms with Gasteiger partial charge in [0.15, 0.2) is 0 Å². The Bertz CT molecular complexity index is 4830. The summed E-state index contributed by atoms with van der Waals surface area (Å²) in [6.45, 7) is 25.9. The van der Waals surface area contributed by atoms with Gasteiger partial charge >= 0.3 is 0 Å². The van der Waals surface area contributed by atoms with Gasteiger partial charge < -0.3 is 8.80 Å². The second-order valence-electron chi connectivity index (χ2n) is 24.7. The lowest BCUT2D eigenvalue weighted by Crippen LogP contribution is -2.16. The lowest BCUT2D eigenvalue weighted by molar-refractivity contribution is 0.569. The predicted molar refractivity (Wildman–Crippen MR) is 323 cm³/mol. The lowest BCUT2D eigenvalue weighted by Gasteiger charge is -2.26. The molecule has 0 spiro atoms. The number of thiophene rings is 2. The first kappa shape index (κ1) is 43.6. The van der Waals surface area contributed by atoms with Crippen molar-refractivity contribution >= 4 is 139 Å². The lowest BCUT2D eigenvalue weighted by atomic mass is 9.78. The summed E-state index contributed by atoms with van der Waals surface area (Å²) in [6, 6.07) is 57.5. The SMILES string of the molecule is CC(C)c1cc(-c2ccc3c4c5sc6ccccc6c5ccc4n4c5cc6c7c(-c8cc(C(C)(C)C)cc(C(C)(C)C)c8)ccc8c9c%10sc%11ccccc%11c%10ccc9n(c6cc5c2c34)c87)cc(C(C)(C)C)c1. The van der Waals surface area contributed by atoms with Crippen LogP contribution in [-0.2, 0) is 16.2 Å². The molecule has 0 unspecified atom stereocenters. The third-order valence-electron chi connectivity index (χ3n) is 16.8. The number of aromatic nitrogens is 2. The molecule has 6 aromatic heterocycles. The van der Waals surface area contributed by atoms with Crippen molar-refractivity contribution in [2.24, 2.45) is 0 Å². The summed E-state index contributed by atoms with van der Waals surface area (Å²) < 4.78 is 10.7. The Labute approximate surface area is 433 Å². The monoisotopic (exact) mass is 978 g/mol. The summed E-state index contributed by atoms with van der Waals surface area (Å²) in [7, 11) is 0. The highest BCUT2D eigenvalue weighted by Gasteiger charge is 2.30. The zero-order valence-electron chi connectivity index (χ0n) is 43.6. The molecule has 0 aliphatic carbocycles. The molecule has 6 heterocycles. The van der Waals surface area contributed by atoms with Gasteiger partial charge in [-0.15, -0.1) is 22.7 Å². The van der Waals surface area contributed by atoms with E-state index in [0.717, 1.165) is 0 Å². The average Bonchev–Trinajstić information content (AvgIpc) is 4.21. The largest absolute Gasteiger partial charge is 0.308 e. The van der Waals surface area contributed by atoms with Crippen LogP contribution in [0.2, 0.25) is 0 Å². The molecule has 0 amide bonds. The molecule has 15 rings (SSSR count). The van der Waals surface area contributed by atoms with Crippen molar-refractivity contribution in [1.29, 1.82) is 0 Å². The van der Waals surface area contributed by atoms with Crippen LogP contribution in [0.15, 0.2) is 146 Å². The second kappa shape index (κ2) is 14.4. The Morgan fingerprint density at radius 1 is 0.356 bits per heavy atom. The molecule has 9 aromatic carbocycles. The van der Waals surface area contributed by atoms with Crippen LogP contribution < -0.4 is 0 Å². The number of rotatable bonds is 3. The predicted octanol–water partition coefficient (Wildman–Crippen LogP) is 21.1. The van der Waals surface area contributed by atoms with Crippen LogP contribution in [0, 0.1) is 0 Å². The third-order valence-corrected chi connectivity index (χ3v) is 19.2. The maximum absolute atomic E-state index is 2.66. The fourth-order valence-corrected chi connectivity index (χ4v) is 15.4. The zero-order valence-corrected chi connectivity index (χ0v) is 45.3. The number of hydrogen-bond donors (Lipinski definition) is 0. The number of hydrogen-bond acceptors (Lipinski definition) is 2. The van der Waals surface area contributed by atoms with Gasteiger partial charge in [0.2, 0.25) is 0 Å². The van der Waals surface area contributed by atoms with Crippen LogP contribution in [0.25, 0.3) is 139 Å². The van der Waals surface area contributed by atoms with Gasteiger partial charge in [0.05, 0.1) is 33.1 Å². The minimum absolute atomic E-state index is 0.00524. The van der Waals surface area contributed by atoms with Crippen molar-refractivity contribution in [3.8, 4) is 22.3 Å². The summed E-state index contributed by atoms with van der Waals surface area (Å²) in [5.74, 6) is 0.398. The van der Waals surface area contributed by atoms with E-state index in [2.05, 4.69) is 231 Å². The summed E-state index contributed by atoms with van der Waals surface area (Å²) in [5.41, 5.74) is 18.4. The molecular formula is C69H58N2S2. The first-order valence-corrected chi connectivity index (χ1v) is 27.9. The molecule has 0 aliphatic rings. The smallest absolute Gasteiger partial charge is 0.0627 e. The number of fused-ring (bicyclic) bond motifs is 20. The highest BCUT2D eigenvalue weighted by Crippen LogP contribution is 2.53. The van der Waals surface area contributed by atoms with Crippen molar-refractivity contribution in [2.45, 2.75) is 98.3 Å². The molecule has 73 heavy (non-hydrogen) atoms. The van der Waals surface area contributed by atoms with Crippen LogP contribution in [0.1, 0.15) is 104 Å². The summed E-state index contributed by atoms with van der Waals surface area (Å²) in [6.07, 6.45) is 0. The Kier molecular flexibility index (Phi) is 8.60. The van der Waals surface area contributed by atoms with Gasteiger partial charge in [0, 0.05) is 83.4 Å². The van der Waals surface area contributed by atoms with Crippen molar-refractivity contribution in [3.63, 3.8) is 0 Å². The molecule has 0 saturated carbocycles. The van der Waals surface area contributed by atoms with Gasteiger partial charge in [-0.3, -0.25) is 0 Å². The highest BCUT2D eigenvalue weighted by molar-refractivity contribution is 7.27. The van der Waals surface area contributed by atoms with E-state index in [1.165, 1.54) is 161 Å². The van der Waals surface area contributed by atoms with Gasteiger partial charge in [-0.25, -0.2) is 0 Å². The van der Waals surface area contributed by atoms with E-state index in [1.54, 1.807) is 0 Å². The third kappa shape index (κ3) is 5.91. The Morgan fingerprint density at radius 3 is 1.21 bits per heavy atom. The first-order chi connectivity index (χ1) is 34.9. The maximum Gasteiger partial charge on any atom is 0.0627 e. The van der Waals surface area contributed by atoms with Gasteiger partial charge in [0.25, 0.3) is 0 Å². The van der Waals surface area contributed by atoms with E-state index in [0.29, 0.717) is 5.92 Å². The van der Waals surface area contributed by atoms with E-state index >= 15 is 0 Å². The molecule has 0 aliphatic heterocycles. The Morgan fingerprint density at radius 2 is 0.767 bits per heavy atom. The normalized spacial score (nSPS) is 13.5. The van der Waals surface area contributed by atoms with Crippen LogP contribution in [-0.4, -0.2) is 8.80 Å². The molecule has 0 saturated heterocycles. The van der Waals surface area contributed by atoms with Crippen molar-refractivity contribution in [2.75, 3.05) is 0 Å². The average molecular weight is 979 g/mol. The summed E-state index contributed by atoms with van der Waals surface area (Å²) >= 11 is 3.88. The van der Waals surface area contributed by atoms with E-state index in [1.807, 2.05) is 22.7 Å². The first-order valence-electron chi connectivity index (χ1n) is 26.3. The summed E-state index contributed by atoms with van der Waals surface area (Å²) in [4.78, 5) is 0. The molecule has 0 atom stereocenters. The second-order valence-corrected chi connectivity index (χ2v) is 26.8. The standard InChI is InChI=1S/C69H58N2S2/c1-36(2)37-28-38(30-40(29-37)67(3,4)5)43-20-22-49-61-53(26-24-47-45-16-12-14-18-57(45)72-65(47)61)70-55-35-52-56(34-51(55)59(43)63(49)70)71-54-27-25-48-46-17-13-15-19-58(46)73-66(48)62(54)50-23-21-44(60(52)64(50)71)39-31-41(68(6,7)8)33-42(32-39)69(9,10)11/h12-36H,1-11H3. The Balaban J connectivity index is 1.16. The fourth-order valence-electron chi connectivity index (χ4n) is 12.8. The quantitative estimate of drug-likeness (QED) is 0.167. The van der Waals surface area contributed by atoms with E-state index in [9.17, 15) is 0 Å². The molecule has 0 N–H and O–H groups in total. The fraction of sp³-hybridized carbons (Fsp3) is 0.217. The molecule has 15 aromatic rings. The molecule has 0 fully saturated rings. The molecular weight excluding hydrogens is 921 g/mol. The Hall–Kier alpha value is -6.98. The van der Waals surface area contributed by atoms with Crippen LogP contribution in [0.3, 0.4) is 0 Å². The van der Waals surface area contributed by atoms with Gasteiger partial charge in [-0.2, -0.15) is 0 Å². The number of nitrogens with zero attached hydrogens (tertiary/aromatic N) is 2. The van der Waals surface area contributed by atoms with Crippen molar-refractivity contribution in [1.82, 2.24) is 8.80 Å². The molecule has 356 valence electrons. The molecule has 0 bridgehead atoms. The van der Waals surface area contributed by atoms with Crippen LogP contribution >= 0.6 is 22.7 Å². The summed E-state index contributed by atoms with van der Waals surface area (Å²) in [5, 5.41) is 16.0. The van der Waals surface area contributed by atoms with E-state index in [-0.39, 0.29) is 16.2 Å². The highest BCUT2D eigenvalue weighted by atomic mass is 32.1. The van der Waals surface area contributed by atoms with Crippen molar-refractivity contribution < 1.29 is 0 Å². The van der Waals surface area contributed by atoms with E-state index in [4.69, 9.17) is 0 Å². The van der Waals surface area contributed by atoms with Crippen LogP contribution in [0.4, 0.5) is 0 Å². The van der Waals surface area contributed by atoms with Crippen LogP contribution in [0.5, 0.6) is 0 Å². The molecule has 0 radical (unpaired) electrons. The van der Waals surface area contributed by atoms with Gasteiger partial charge in [0.1, 0.15) is 0 Å². The van der Waals surface area contributed by atoms with Gasteiger partial charge in [-0.05, 0) is 103 Å². The van der Waals surface area contributed by atoms with Gasteiger partial charge in [-0.1, -0.05) is 185 Å². The molecule has 2 nitrogen and oxygen atoms in total. The molecule has 4 heteroatoms. The maximum atomic E-state index is 2.66. The number of benzene rings is 9. The minimum Gasteiger partial charge on any atom is -0.308 e. The zero-order chi connectivity index (χ0) is 49.9.